The Balaban J connectivity index is 0.00000255. The van der Waals surface area contributed by atoms with Crippen molar-refractivity contribution in [2.75, 3.05) is 50.9 Å². The van der Waals surface area contributed by atoms with Crippen LogP contribution in [0.15, 0.2) is 48.9 Å². The predicted octanol–water partition coefficient (Wildman–Crippen LogP) is 5.34. The van der Waals surface area contributed by atoms with E-state index in [0.29, 0.717) is 42.2 Å². The van der Waals surface area contributed by atoms with E-state index in [2.05, 4.69) is 35.1 Å². The number of aromatic nitrogens is 4. The summed E-state index contributed by atoms with van der Waals surface area (Å²) in [5, 5.41) is 2.43. The number of carbonyl (C=O) groups excluding carboxylic acids is 2. The van der Waals surface area contributed by atoms with E-state index in [-0.39, 0.29) is 35.6 Å². The second kappa shape index (κ2) is 15.6. The van der Waals surface area contributed by atoms with E-state index in [0.717, 1.165) is 50.0 Å². The monoisotopic (exact) mass is 664 g/mol. The van der Waals surface area contributed by atoms with Gasteiger partial charge in [0.15, 0.2) is 0 Å². The van der Waals surface area contributed by atoms with Crippen LogP contribution in [0.25, 0.3) is 16.8 Å². The van der Waals surface area contributed by atoms with Crippen LogP contribution >= 0.6 is 0 Å². The number of amides is 2. The van der Waals surface area contributed by atoms with E-state index in [1.54, 1.807) is 25.4 Å². The summed E-state index contributed by atoms with van der Waals surface area (Å²) in [7, 11) is 1.94. The first-order chi connectivity index (χ1) is 23.0. The number of rotatable bonds is 10. The third kappa shape index (κ3) is 8.03. The molecular formula is C34H39F3N8O3. The number of hydrogen-bond donors (Lipinski definition) is 2. The fourth-order valence-electron chi connectivity index (χ4n) is 5.77. The van der Waals surface area contributed by atoms with E-state index in [9.17, 15) is 22.8 Å². The number of nitrogens with zero attached hydrogens (tertiary/aromatic N) is 6. The second-order valence-electron chi connectivity index (χ2n) is 11.3. The van der Waals surface area contributed by atoms with Crippen LogP contribution in [0.4, 0.5) is 24.8 Å². The Morgan fingerprint density at radius 2 is 1.92 bits per heavy atom. The topological polar surface area (TPSA) is 131 Å². The van der Waals surface area contributed by atoms with Gasteiger partial charge in [-0.2, -0.15) is 13.2 Å². The number of likely N-dealkylation sites (N-methyl/N-ethyl adjacent to an activating group) is 1. The van der Waals surface area contributed by atoms with Crippen molar-refractivity contribution in [2.45, 2.75) is 45.2 Å². The molecular weight excluding hydrogens is 625 g/mol. The lowest BCUT2D eigenvalue weighted by Crippen LogP contribution is -2.44. The van der Waals surface area contributed by atoms with Gasteiger partial charge in [0.05, 0.1) is 18.7 Å². The Kier molecular flexibility index (Phi) is 11.6. The number of pyridine rings is 1. The second-order valence-corrected chi connectivity index (χ2v) is 11.3. The minimum atomic E-state index is -4.58. The fourth-order valence-corrected chi connectivity index (χ4v) is 5.77. The molecule has 0 spiro atoms. The van der Waals surface area contributed by atoms with E-state index < -0.39 is 17.6 Å². The lowest BCUT2D eigenvalue weighted by Gasteiger charge is -2.33. The number of anilines is 2. The zero-order valence-electron chi connectivity index (χ0n) is 27.1. The van der Waals surface area contributed by atoms with Gasteiger partial charge in [-0.15, -0.1) is 12.8 Å². The van der Waals surface area contributed by atoms with Gasteiger partial charge in [-0.25, -0.2) is 15.0 Å². The molecule has 11 nitrogen and oxygen atoms in total. The van der Waals surface area contributed by atoms with Crippen LogP contribution in [-0.4, -0.2) is 80.8 Å². The average molecular weight is 665 g/mol. The highest BCUT2D eigenvalue weighted by Crippen LogP contribution is 2.38. The van der Waals surface area contributed by atoms with E-state index in [1.165, 1.54) is 12.1 Å². The summed E-state index contributed by atoms with van der Waals surface area (Å²) in [6.07, 6.45) is 10.4. The van der Waals surface area contributed by atoms with Crippen molar-refractivity contribution in [3.63, 3.8) is 0 Å². The highest BCUT2D eigenvalue weighted by atomic mass is 19.4. The molecule has 1 fully saturated rings. The molecule has 1 saturated heterocycles. The Morgan fingerprint density at radius 3 is 2.62 bits per heavy atom. The van der Waals surface area contributed by atoms with E-state index in [1.807, 2.05) is 21.2 Å². The quantitative estimate of drug-likeness (QED) is 0.217. The van der Waals surface area contributed by atoms with Crippen molar-refractivity contribution in [2.24, 2.45) is 0 Å². The molecule has 1 aliphatic heterocycles. The number of imidazole rings is 1. The minimum absolute atomic E-state index is 0.0576. The highest BCUT2D eigenvalue weighted by Gasteiger charge is 2.32. The number of terminal acetylenes is 1. The largest absolute Gasteiger partial charge is 0.493 e. The number of likely N-dealkylation sites (tertiary alicyclic amines) is 1. The number of nitrogens with two attached hydrogens (primary N) is 1. The SMILES string of the molecule is C#C.CCCN(C)CC(=O)N1CCC[C@@H](c2nc(-c3ccc(C(=O)Nc4cc(C(F)(F)F)ccn4)cc3OCC)c3c(N)nccn23)C1. The summed E-state index contributed by atoms with van der Waals surface area (Å²) in [5.74, 6) is 0.448. The fraction of sp³-hybridized carbons (Fsp3) is 0.382. The van der Waals surface area contributed by atoms with Crippen LogP contribution in [0.2, 0.25) is 0 Å². The van der Waals surface area contributed by atoms with Crippen LogP contribution in [0.3, 0.4) is 0 Å². The normalized spacial score (nSPS) is 14.8. The number of carbonyl (C=O) groups is 2. The number of piperidine rings is 1. The molecule has 5 rings (SSSR count). The highest BCUT2D eigenvalue weighted by molar-refractivity contribution is 6.04. The zero-order chi connectivity index (χ0) is 35.0. The molecule has 14 heteroatoms. The standard InChI is InChI=1S/C32H37F3N8O3.C2H2/c1-4-13-41(3)19-26(44)42-14-6-7-21(18-42)30-40-27(28-29(36)38-12-15-43(28)30)23-9-8-20(16-24(23)46-5-2)31(45)39-25-17-22(10-11-37-25)32(33,34)35;1-2/h8-12,15-17,21H,4-7,13-14,18-19H2,1-3H3,(H2,36,38)(H,37,39,45);1-2H/t21-;/m1./s1. The summed E-state index contributed by atoms with van der Waals surface area (Å²) in [4.78, 5) is 43.3. The molecule has 48 heavy (non-hydrogen) atoms. The molecule has 2 amide bonds. The van der Waals surface area contributed by atoms with Crippen molar-refractivity contribution in [1.29, 1.82) is 0 Å². The van der Waals surface area contributed by atoms with Gasteiger partial charge in [0.1, 0.15) is 34.4 Å². The summed E-state index contributed by atoms with van der Waals surface area (Å²) in [6, 6.07) is 6.31. The minimum Gasteiger partial charge on any atom is -0.493 e. The lowest BCUT2D eigenvalue weighted by atomic mass is 9.97. The molecule has 0 radical (unpaired) electrons. The third-order valence-corrected chi connectivity index (χ3v) is 7.89. The molecule has 1 aliphatic rings. The van der Waals surface area contributed by atoms with Crippen LogP contribution in [0, 0.1) is 12.8 Å². The van der Waals surface area contributed by atoms with Crippen molar-refractivity contribution < 1.29 is 27.5 Å². The Bertz CT molecular complexity index is 1770. The molecule has 0 bridgehead atoms. The Labute approximate surface area is 277 Å². The van der Waals surface area contributed by atoms with Gasteiger partial charge in [0, 0.05) is 48.7 Å². The van der Waals surface area contributed by atoms with Gasteiger partial charge in [0.2, 0.25) is 5.91 Å². The molecule has 0 unspecified atom stereocenters. The van der Waals surface area contributed by atoms with Crippen LogP contribution in [-0.2, 0) is 11.0 Å². The van der Waals surface area contributed by atoms with Crippen LogP contribution < -0.4 is 15.8 Å². The van der Waals surface area contributed by atoms with Crippen molar-refractivity contribution in [3.05, 3.63) is 65.9 Å². The van der Waals surface area contributed by atoms with Gasteiger partial charge in [-0.3, -0.25) is 18.9 Å². The molecule has 0 aliphatic carbocycles. The molecule has 4 aromatic rings. The van der Waals surface area contributed by atoms with E-state index in [4.69, 9.17) is 15.5 Å². The summed E-state index contributed by atoms with van der Waals surface area (Å²) >= 11 is 0. The van der Waals surface area contributed by atoms with Gasteiger partial charge < -0.3 is 20.7 Å². The molecule has 1 aromatic carbocycles. The molecule has 0 saturated carbocycles. The van der Waals surface area contributed by atoms with Crippen molar-refractivity contribution in [3.8, 4) is 29.9 Å². The zero-order valence-corrected chi connectivity index (χ0v) is 27.1. The number of alkyl halides is 3. The number of halogens is 3. The lowest BCUT2D eigenvalue weighted by molar-refractivity contribution is -0.137. The maximum absolute atomic E-state index is 13.2. The maximum atomic E-state index is 13.2. The van der Waals surface area contributed by atoms with Gasteiger partial charge in [-0.05, 0) is 70.1 Å². The Hall–Kier alpha value is -5.16. The first kappa shape index (κ1) is 35.7. The molecule has 3 aromatic heterocycles. The number of nitrogen functional groups attached to an aromatic ring is 1. The maximum Gasteiger partial charge on any atom is 0.416 e. The summed E-state index contributed by atoms with van der Waals surface area (Å²) in [5.41, 5.74) is 7.24. The summed E-state index contributed by atoms with van der Waals surface area (Å²) < 4.78 is 47.3. The first-order valence-electron chi connectivity index (χ1n) is 15.5. The van der Waals surface area contributed by atoms with Crippen LogP contribution in [0.1, 0.15) is 60.8 Å². The number of ether oxygens (including phenoxy) is 1. The molecule has 3 N–H and O–H groups in total. The third-order valence-electron chi connectivity index (χ3n) is 7.89. The Morgan fingerprint density at radius 1 is 1.15 bits per heavy atom. The average Bonchev–Trinajstić information content (AvgIpc) is 3.46. The molecule has 4 heterocycles. The smallest absolute Gasteiger partial charge is 0.416 e. The molecule has 1 atom stereocenters. The van der Waals surface area contributed by atoms with Gasteiger partial charge in [0.25, 0.3) is 5.91 Å². The van der Waals surface area contributed by atoms with Crippen LogP contribution in [0.5, 0.6) is 5.75 Å². The van der Waals surface area contributed by atoms with Crippen molar-refractivity contribution in [1.82, 2.24) is 29.2 Å². The predicted molar refractivity (Wildman–Crippen MR) is 177 cm³/mol. The number of nitrogens with one attached hydrogen (secondary N) is 1. The number of hydrogen-bond acceptors (Lipinski definition) is 8. The van der Waals surface area contributed by atoms with Gasteiger partial charge >= 0.3 is 6.18 Å². The molecule has 254 valence electrons. The van der Waals surface area contributed by atoms with E-state index >= 15 is 0 Å². The number of fused-ring (bicyclic) bond motifs is 1. The number of benzene rings is 1. The van der Waals surface area contributed by atoms with Crippen molar-refractivity contribution >= 4 is 29.0 Å². The summed E-state index contributed by atoms with van der Waals surface area (Å²) in [6.45, 7) is 6.54. The first-order valence-corrected chi connectivity index (χ1v) is 15.5. The van der Waals surface area contributed by atoms with Gasteiger partial charge in [-0.1, -0.05) is 6.92 Å².